The Bertz CT molecular complexity index is 516. The van der Waals surface area contributed by atoms with Crippen LogP contribution >= 0.6 is 11.3 Å². The van der Waals surface area contributed by atoms with Gasteiger partial charge in [0, 0.05) is 17.5 Å². The van der Waals surface area contributed by atoms with Gasteiger partial charge in [0.1, 0.15) is 5.75 Å². The molecule has 0 fully saturated rings. The summed E-state index contributed by atoms with van der Waals surface area (Å²) in [6, 6.07) is 6.77. The third-order valence-corrected chi connectivity index (χ3v) is 4.24. The number of ether oxygens (including phenoxy) is 1. The van der Waals surface area contributed by atoms with E-state index in [9.17, 15) is 0 Å². The normalized spacial score (nSPS) is 11.4. The molecule has 2 aromatic rings. The number of hydrogen-bond acceptors (Lipinski definition) is 3. The van der Waals surface area contributed by atoms with Gasteiger partial charge in [-0.05, 0) is 23.9 Å². The highest BCUT2D eigenvalue weighted by Gasteiger charge is 2.11. The molecule has 0 bridgehead atoms. The first kappa shape index (κ1) is 12.4. The minimum atomic E-state index is 0.515. The lowest BCUT2D eigenvalue weighted by Gasteiger charge is -2.06. The Kier molecular flexibility index (Phi) is 3.69. The van der Waals surface area contributed by atoms with Crippen molar-refractivity contribution in [2.24, 2.45) is 0 Å². The summed E-state index contributed by atoms with van der Waals surface area (Å²) in [5.41, 5.74) is 1.37. The van der Waals surface area contributed by atoms with Gasteiger partial charge in [-0.3, -0.25) is 0 Å². The van der Waals surface area contributed by atoms with E-state index in [0.717, 1.165) is 12.3 Å². The van der Waals surface area contributed by atoms with Crippen molar-refractivity contribution in [3.8, 4) is 5.75 Å². The van der Waals surface area contributed by atoms with Crippen LogP contribution in [0.1, 0.15) is 24.3 Å². The van der Waals surface area contributed by atoms with Gasteiger partial charge in [-0.15, -0.1) is 11.3 Å². The quantitative estimate of drug-likeness (QED) is 0.891. The average Bonchev–Trinajstić information content (AvgIpc) is 2.64. The number of thiophene rings is 1. The molecule has 1 heterocycles. The Hall–Kier alpha value is -1.06. The maximum absolute atomic E-state index is 5.41. The third-order valence-electron chi connectivity index (χ3n) is 2.92. The zero-order valence-corrected chi connectivity index (χ0v) is 11.6. The molecule has 1 N–H and O–H groups in total. The molecule has 1 aromatic heterocycles. The van der Waals surface area contributed by atoms with Gasteiger partial charge in [-0.1, -0.05) is 26.0 Å². The fourth-order valence-electron chi connectivity index (χ4n) is 1.89. The van der Waals surface area contributed by atoms with Gasteiger partial charge in [0.2, 0.25) is 0 Å². The molecule has 0 saturated carbocycles. The van der Waals surface area contributed by atoms with E-state index in [-0.39, 0.29) is 0 Å². The summed E-state index contributed by atoms with van der Waals surface area (Å²) in [6.07, 6.45) is 0. The molecule has 0 atom stereocenters. The van der Waals surface area contributed by atoms with E-state index < -0.39 is 0 Å². The summed E-state index contributed by atoms with van der Waals surface area (Å²) in [7, 11) is 1.73. The lowest BCUT2D eigenvalue weighted by atomic mass is 10.1. The van der Waals surface area contributed by atoms with E-state index in [2.05, 4.69) is 38.2 Å². The maximum Gasteiger partial charge on any atom is 0.136 e. The number of benzene rings is 1. The van der Waals surface area contributed by atoms with Crippen molar-refractivity contribution in [3.63, 3.8) is 0 Å². The van der Waals surface area contributed by atoms with Crippen molar-refractivity contribution in [1.82, 2.24) is 5.32 Å². The molecule has 0 amide bonds. The molecule has 0 saturated heterocycles. The standard InChI is InChI=1S/C14H19NOS/c1-9(2)15-8-13-10(3)11-6-5-7-12(16-4)14(11)17-13/h5-7,9,15H,8H2,1-4H3. The highest BCUT2D eigenvalue weighted by atomic mass is 32.1. The highest BCUT2D eigenvalue weighted by Crippen LogP contribution is 2.36. The first-order valence-corrected chi connectivity index (χ1v) is 6.73. The minimum Gasteiger partial charge on any atom is -0.495 e. The molecule has 0 unspecified atom stereocenters. The van der Waals surface area contributed by atoms with Crippen LogP contribution in [0.3, 0.4) is 0 Å². The topological polar surface area (TPSA) is 21.3 Å². The monoisotopic (exact) mass is 249 g/mol. The fourth-order valence-corrected chi connectivity index (χ4v) is 3.14. The van der Waals surface area contributed by atoms with Crippen molar-refractivity contribution in [2.75, 3.05) is 7.11 Å². The molecule has 0 radical (unpaired) electrons. The van der Waals surface area contributed by atoms with Gasteiger partial charge < -0.3 is 10.1 Å². The van der Waals surface area contributed by atoms with E-state index in [4.69, 9.17) is 4.74 Å². The second-order valence-electron chi connectivity index (χ2n) is 4.52. The van der Waals surface area contributed by atoms with Gasteiger partial charge in [0.25, 0.3) is 0 Å². The predicted octanol–water partition coefficient (Wildman–Crippen LogP) is 3.72. The van der Waals surface area contributed by atoms with Crippen molar-refractivity contribution in [1.29, 1.82) is 0 Å². The molecule has 0 spiro atoms. The third kappa shape index (κ3) is 2.45. The summed E-state index contributed by atoms with van der Waals surface area (Å²) in [5.74, 6) is 0.978. The summed E-state index contributed by atoms with van der Waals surface area (Å²) in [6.45, 7) is 7.47. The summed E-state index contributed by atoms with van der Waals surface area (Å²) in [5, 5.41) is 4.79. The van der Waals surface area contributed by atoms with Crippen LogP contribution < -0.4 is 10.1 Å². The van der Waals surface area contributed by atoms with Crippen LogP contribution in [0.2, 0.25) is 0 Å². The molecule has 92 valence electrons. The smallest absolute Gasteiger partial charge is 0.136 e. The summed E-state index contributed by atoms with van der Waals surface area (Å²) >= 11 is 1.83. The Morgan fingerprint density at radius 1 is 1.35 bits per heavy atom. The van der Waals surface area contributed by atoms with E-state index in [1.165, 1.54) is 20.5 Å². The van der Waals surface area contributed by atoms with Crippen molar-refractivity contribution >= 4 is 21.4 Å². The summed E-state index contributed by atoms with van der Waals surface area (Å²) < 4.78 is 6.67. The van der Waals surface area contributed by atoms with Crippen molar-refractivity contribution in [2.45, 2.75) is 33.4 Å². The SMILES string of the molecule is COc1cccc2c(C)c(CNC(C)C)sc12. The zero-order chi connectivity index (χ0) is 12.4. The average molecular weight is 249 g/mol. The number of fused-ring (bicyclic) bond motifs is 1. The number of hydrogen-bond donors (Lipinski definition) is 1. The molecule has 3 heteroatoms. The number of methoxy groups -OCH3 is 1. The molecular formula is C14H19NOS. The van der Waals surface area contributed by atoms with Crippen LogP contribution in [0.5, 0.6) is 5.75 Å². The second-order valence-corrected chi connectivity index (χ2v) is 5.63. The van der Waals surface area contributed by atoms with Gasteiger partial charge in [-0.25, -0.2) is 0 Å². The second kappa shape index (κ2) is 5.07. The van der Waals surface area contributed by atoms with Crippen LogP contribution in [0, 0.1) is 6.92 Å². The van der Waals surface area contributed by atoms with E-state index in [1.54, 1.807) is 7.11 Å². The van der Waals surface area contributed by atoms with E-state index in [1.807, 2.05) is 17.4 Å². The minimum absolute atomic E-state index is 0.515. The first-order chi connectivity index (χ1) is 8.13. The molecule has 2 nitrogen and oxygen atoms in total. The van der Waals surface area contributed by atoms with Crippen LogP contribution in [0.25, 0.3) is 10.1 Å². The highest BCUT2D eigenvalue weighted by molar-refractivity contribution is 7.19. The van der Waals surface area contributed by atoms with Gasteiger partial charge in [0.05, 0.1) is 11.8 Å². The lowest BCUT2D eigenvalue weighted by Crippen LogP contribution is -2.21. The first-order valence-electron chi connectivity index (χ1n) is 5.92. The van der Waals surface area contributed by atoms with Gasteiger partial charge >= 0.3 is 0 Å². The Balaban J connectivity index is 2.41. The van der Waals surface area contributed by atoms with Crippen LogP contribution in [-0.4, -0.2) is 13.2 Å². The Labute approximate surface area is 107 Å². The predicted molar refractivity (Wildman–Crippen MR) is 75.1 cm³/mol. The van der Waals surface area contributed by atoms with E-state index in [0.29, 0.717) is 6.04 Å². The van der Waals surface area contributed by atoms with Crippen LogP contribution in [0.4, 0.5) is 0 Å². The van der Waals surface area contributed by atoms with Crippen LogP contribution in [0.15, 0.2) is 18.2 Å². The van der Waals surface area contributed by atoms with Gasteiger partial charge in [0.15, 0.2) is 0 Å². The number of aryl methyl sites for hydroxylation is 1. The Morgan fingerprint density at radius 3 is 2.76 bits per heavy atom. The molecule has 2 rings (SSSR count). The maximum atomic E-state index is 5.41. The largest absolute Gasteiger partial charge is 0.495 e. The van der Waals surface area contributed by atoms with E-state index >= 15 is 0 Å². The number of nitrogens with one attached hydrogen (secondary N) is 1. The summed E-state index contributed by atoms with van der Waals surface area (Å²) in [4.78, 5) is 1.40. The fraction of sp³-hybridized carbons (Fsp3) is 0.429. The molecular weight excluding hydrogens is 230 g/mol. The zero-order valence-electron chi connectivity index (χ0n) is 10.8. The molecule has 17 heavy (non-hydrogen) atoms. The Morgan fingerprint density at radius 2 is 2.12 bits per heavy atom. The van der Waals surface area contributed by atoms with Crippen LogP contribution in [-0.2, 0) is 6.54 Å². The van der Waals surface area contributed by atoms with Gasteiger partial charge in [-0.2, -0.15) is 0 Å². The lowest BCUT2D eigenvalue weighted by molar-refractivity contribution is 0.420. The van der Waals surface area contributed by atoms with Crippen molar-refractivity contribution < 1.29 is 4.74 Å². The number of rotatable bonds is 4. The molecule has 0 aliphatic carbocycles. The molecule has 0 aliphatic rings. The molecule has 0 aliphatic heterocycles. The van der Waals surface area contributed by atoms with Crippen molar-refractivity contribution in [3.05, 3.63) is 28.6 Å². The molecule has 1 aromatic carbocycles.